The quantitative estimate of drug-likeness (QED) is 0.681. The van der Waals surface area contributed by atoms with Crippen LogP contribution in [0.25, 0.3) is 0 Å². The van der Waals surface area contributed by atoms with Crippen LogP contribution in [0, 0.1) is 0 Å². The number of ether oxygens (including phenoxy) is 1. The highest BCUT2D eigenvalue weighted by Gasteiger charge is 2.11. The number of rotatable bonds is 1. The van der Waals surface area contributed by atoms with Crippen LogP contribution < -0.4 is 15.8 Å². The number of fused-ring (bicyclic) bond motifs is 1. The molecule has 3 nitrogen and oxygen atoms in total. The van der Waals surface area contributed by atoms with E-state index < -0.39 is 0 Å². The Kier molecular flexibility index (Phi) is 1.94. The molecule has 1 heterocycles. The Morgan fingerprint density at radius 2 is 2.38 bits per heavy atom. The third-order valence-electron chi connectivity index (χ3n) is 1.99. The fraction of sp³-hybridized carbons (Fsp3) is 0.200. The first-order valence-electron chi connectivity index (χ1n) is 4.20. The lowest BCUT2D eigenvalue weighted by atomic mass is 10.1. The minimum atomic E-state index is 0.537. The van der Waals surface area contributed by atoms with Gasteiger partial charge in [-0.2, -0.15) is 0 Å². The molecule has 0 radical (unpaired) electrons. The molecule has 1 aliphatic rings. The summed E-state index contributed by atoms with van der Waals surface area (Å²) in [5.74, 6) is 0.865. The molecular weight excluding hydrogens is 164 g/mol. The molecule has 0 bridgehead atoms. The smallest absolute Gasteiger partial charge is 0.143 e. The molecule has 0 spiro atoms. The van der Waals surface area contributed by atoms with Crippen molar-refractivity contribution in [3.8, 4) is 5.75 Å². The van der Waals surface area contributed by atoms with Gasteiger partial charge in [-0.1, -0.05) is 12.6 Å². The maximum atomic E-state index is 5.53. The third kappa shape index (κ3) is 1.51. The van der Waals surface area contributed by atoms with Crippen LogP contribution in [0.1, 0.15) is 5.56 Å². The van der Waals surface area contributed by atoms with E-state index in [4.69, 9.17) is 10.5 Å². The average molecular weight is 176 g/mol. The van der Waals surface area contributed by atoms with Crippen molar-refractivity contribution in [2.24, 2.45) is 5.73 Å². The van der Waals surface area contributed by atoms with Gasteiger partial charge >= 0.3 is 0 Å². The zero-order valence-corrected chi connectivity index (χ0v) is 7.34. The number of benzene rings is 1. The van der Waals surface area contributed by atoms with E-state index in [1.165, 1.54) is 0 Å². The fourth-order valence-corrected chi connectivity index (χ4v) is 1.32. The second kappa shape index (κ2) is 3.11. The molecule has 0 saturated carbocycles. The van der Waals surface area contributed by atoms with Crippen LogP contribution in [0.15, 0.2) is 30.5 Å². The number of nitrogens with two attached hydrogens (primary N) is 1. The van der Waals surface area contributed by atoms with E-state index >= 15 is 0 Å². The van der Waals surface area contributed by atoms with Gasteiger partial charge in [0.15, 0.2) is 0 Å². The molecule has 1 aliphatic heterocycles. The predicted molar refractivity (Wildman–Crippen MR) is 52.6 cm³/mol. The van der Waals surface area contributed by atoms with Gasteiger partial charge < -0.3 is 15.8 Å². The Bertz CT molecular complexity index is 347. The van der Waals surface area contributed by atoms with Crippen molar-refractivity contribution in [2.45, 2.75) is 6.54 Å². The van der Waals surface area contributed by atoms with E-state index in [0.29, 0.717) is 13.2 Å². The van der Waals surface area contributed by atoms with Crippen molar-refractivity contribution in [3.05, 3.63) is 36.0 Å². The first-order chi connectivity index (χ1) is 6.29. The van der Waals surface area contributed by atoms with E-state index in [-0.39, 0.29) is 0 Å². The molecule has 0 fully saturated rings. The summed E-state index contributed by atoms with van der Waals surface area (Å²) in [5, 5.41) is 3.16. The van der Waals surface area contributed by atoms with Crippen LogP contribution in [0.3, 0.4) is 0 Å². The number of hydrogen-bond donors (Lipinski definition) is 2. The van der Waals surface area contributed by atoms with Crippen molar-refractivity contribution in [1.29, 1.82) is 0 Å². The van der Waals surface area contributed by atoms with Gasteiger partial charge in [0.1, 0.15) is 12.4 Å². The summed E-state index contributed by atoms with van der Waals surface area (Å²) >= 11 is 0. The van der Waals surface area contributed by atoms with Gasteiger partial charge in [-0.05, 0) is 17.7 Å². The van der Waals surface area contributed by atoms with Gasteiger partial charge in [-0.25, -0.2) is 0 Å². The molecule has 0 aromatic heterocycles. The summed E-state index contributed by atoms with van der Waals surface area (Å²) in [6.45, 7) is 4.88. The van der Waals surface area contributed by atoms with Crippen molar-refractivity contribution in [3.63, 3.8) is 0 Å². The van der Waals surface area contributed by atoms with Crippen molar-refractivity contribution in [1.82, 2.24) is 0 Å². The molecule has 13 heavy (non-hydrogen) atoms. The first kappa shape index (κ1) is 8.13. The van der Waals surface area contributed by atoms with Crippen LogP contribution in [0.2, 0.25) is 0 Å². The zero-order chi connectivity index (χ0) is 9.26. The highest BCUT2D eigenvalue weighted by molar-refractivity contribution is 5.62. The molecule has 0 aliphatic carbocycles. The molecule has 1 aromatic carbocycles. The molecule has 68 valence electrons. The molecule has 3 heteroatoms. The van der Waals surface area contributed by atoms with Crippen LogP contribution in [-0.2, 0) is 6.54 Å². The Labute approximate surface area is 77.2 Å². The Morgan fingerprint density at radius 1 is 1.54 bits per heavy atom. The van der Waals surface area contributed by atoms with Crippen molar-refractivity contribution >= 4 is 5.69 Å². The standard InChI is InChI=1S/C10H12N2O/c1-7-6-13-10-3-2-8(5-11)4-9(10)12-7/h2-4,12H,1,5-6,11H2. The van der Waals surface area contributed by atoms with Crippen molar-refractivity contribution in [2.75, 3.05) is 11.9 Å². The predicted octanol–water partition coefficient (Wildman–Crippen LogP) is 1.46. The maximum absolute atomic E-state index is 5.53. The van der Waals surface area contributed by atoms with Gasteiger partial charge in [-0.3, -0.25) is 0 Å². The van der Waals surface area contributed by atoms with E-state index in [0.717, 1.165) is 22.7 Å². The van der Waals surface area contributed by atoms with E-state index in [1.54, 1.807) is 0 Å². The van der Waals surface area contributed by atoms with Gasteiger partial charge in [0.25, 0.3) is 0 Å². The Balaban J connectivity index is 2.38. The van der Waals surface area contributed by atoms with E-state index in [1.807, 2.05) is 18.2 Å². The van der Waals surface area contributed by atoms with E-state index in [2.05, 4.69) is 11.9 Å². The van der Waals surface area contributed by atoms with Crippen LogP contribution >= 0.6 is 0 Å². The maximum Gasteiger partial charge on any atom is 0.143 e. The molecule has 2 rings (SSSR count). The molecule has 1 aromatic rings. The molecule has 0 saturated heterocycles. The molecule has 3 N–H and O–H groups in total. The van der Waals surface area contributed by atoms with Gasteiger partial charge in [0.05, 0.1) is 5.69 Å². The SMILES string of the molecule is C=C1COc2ccc(CN)cc2N1. The minimum Gasteiger partial charge on any atom is -0.485 e. The largest absolute Gasteiger partial charge is 0.485 e. The number of hydrogen-bond acceptors (Lipinski definition) is 3. The molecular formula is C10H12N2O. The van der Waals surface area contributed by atoms with Gasteiger partial charge in [0, 0.05) is 12.2 Å². The highest BCUT2D eigenvalue weighted by atomic mass is 16.5. The van der Waals surface area contributed by atoms with Gasteiger partial charge in [-0.15, -0.1) is 0 Å². The second-order valence-electron chi connectivity index (χ2n) is 3.05. The summed E-state index contributed by atoms with van der Waals surface area (Å²) in [6.07, 6.45) is 0. The number of anilines is 1. The lowest BCUT2D eigenvalue weighted by molar-refractivity contribution is 0.346. The topological polar surface area (TPSA) is 47.3 Å². The highest BCUT2D eigenvalue weighted by Crippen LogP contribution is 2.30. The third-order valence-corrected chi connectivity index (χ3v) is 1.99. The van der Waals surface area contributed by atoms with Crippen LogP contribution in [0.4, 0.5) is 5.69 Å². The fourth-order valence-electron chi connectivity index (χ4n) is 1.32. The minimum absolute atomic E-state index is 0.537. The average Bonchev–Trinajstić information content (AvgIpc) is 2.16. The summed E-state index contributed by atoms with van der Waals surface area (Å²) in [6, 6.07) is 5.88. The summed E-state index contributed by atoms with van der Waals surface area (Å²) in [5.41, 5.74) is 8.45. The van der Waals surface area contributed by atoms with Crippen LogP contribution in [0.5, 0.6) is 5.75 Å². The first-order valence-corrected chi connectivity index (χ1v) is 4.20. The second-order valence-corrected chi connectivity index (χ2v) is 3.05. The molecule has 0 atom stereocenters. The van der Waals surface area contributed by atoms with E-state index in [9.17, 15) is 0 Å². The summed E-state index contributed by atoms with van der Waals surface area (Å²) in [7, 11) is 0. The normalized spacial score (nSPS) is 14.4. The lowest BCUT2D eigenvalue weighted by Crippen LogP contribution is -2.15. The van der Waals surface area contributed by atoms with Crippen LogP contribution in [-0.4, -0.2) is 6.61 Å². The Morgan fingerprint density at radius 3 is 3.15 bits per heavy atom. The van der Waals surface area contributed by atoms with Gasteiger partial charge in [0.2, 0.25) is 0 Å². The monoisotopic (exact) mass is 176 g/mol. The molecule has 0 amide bonds. The summed E-state index contributed by atoms with van der Waals surface area (Å²) < 4.78 is 5.43. The lowest BCUT2D eigenvalue weighted by Gasteiger charge is -2.21. The number of nitrogens with one attached hydrogen (secondary N) is 1. The van der Waals surface area contributed by atoms with Crippen molar-refractivity contribution < 1.29 is 4.74 Å². The zero-order valence-electron chi connectivity index (χ0n) is 7.34. The Hall–Kier alpha value is -1.48. The summed E-state index contributed by atoms with van der Waals surface area (Å²) in [4.78, 5) is 0. The molecule has 0 unspecified atom stereocenters.